The van der Waals surface area contributed by atoms with E-state index in [4.69, 9.17) is 18.9 Å². The Hall–Kier alpha value is -5.23. The average molecular weight is 857 g/mol. The lowest BCUT2D eigenvalue weighted by atomic mass is 9.69. The molecule has 0 aromatic heterocycles. The summed E-state index contributed by atoms with van der Waals surface area (Å²) in [5, 5.41) is 12.1. The summed E-state index contributed by atoms with van der Waals surface area (Å²) in [6, 6.07) is 20.2. The van der Waals surface area contributed by atoms with Crippen molar-refractivity contribution in [2.24, 2.45) is 16.7 Å². The van der Waals surface area contributed by atoms with Crippen LogP contribution in [0.1, 0.15) is 128 Å². The number of aryl methyl sites for hydroxylation is 1. The van der Waals surface area contributed by atoms with Gasteiger partial charge in [0.15, 0.2) is 5.78 Å². The van der Waals surface area contributed by atoms with Gasteiger partial charge in [0.2, 0.25) is 0 Å². The fourth-order valence-corrected chi connectivity index (χ4v) is 8.16. The molecule has 3 atom stereocenters. The Balaban J connectivity index is 1.41. The zero-order chi connectivity index (χ0) is 45.3. The van der Waals surface area contributed by atoms with Crippen LogP contribution in [0.15, 0.2) is 66.7 Å². The SMILES string of the molecule is CCCCOC(=O)C(CC(CC)c1ccc(CC2(C(=O)Oc3ccc(COC(=O)Nc4ccc(N(CC)CCO)cc4C)cc3)CCCCC2=O)cc1)CC(C)(C)C(=O)OCC. The Labute approximate surface area is 368 Å². The number of carbonyl (C=O) groups is 5. The zero-order valence-electron chi connectivity index (χ0n) is 37.9. The van der Waals surface area contributed by atoms with Crippen molar-refractivity contribution in [1.29, 1.82) is 0 Å². The number of nitrogens with zero attached hydrogens (tertiary/aromatic N) is 1. The van der Waals surface area contributed by atoms with E-state index in [0.717, 1.165) is 61.0 Å². The first-order valence-corrected chi connectivity index (χ1v) is 22.4. The number of aliphatic hydroxyl groups excluding tert-OH is 1. The average Bonchev–Trinajstić information content (AvgIpc) is 3.26. The molecule has 1 saturated carbocycles. The molecule has 0 saturated heterocycles. The molecule has 4 rings (SSSR count). The minimum Gasteiger partial charge on any atom is -0.466 e. The number of ketones is 1. The second-order valence-electron chi connectivity index (χ2n) is 17.0. The maximum atomic E-state index is 14.0. The molecule has 3 aromatic rings. The van der Waals surface area contributed by atoms with Crippen LogP contribution >= 0.6 is 0 Å². The zero-order valence-corrected chi connectivity index (χ0v) is 37.9. The van der Waals surface area contributed by atoms with E-state index >= 15 is 0 Å². The number of likely N-dealkylation sites (N-methyl/N-ethyl adjacent to an activating group) is 1. The fraction of sp³-hybridized carbons (Fsp3) is 0.540. The molecule has 12 heteroatoms. The molecule has 0 radical (unpaired) electrons. The molecule has 1 aliphatic rings. The highest BCUT2D eigenvalue weighted by Crippen LogP contribution is 2.40. The monoisotopic (exact) mass is 856 g/mol. The minimum atomic E-state index is -1.33. The molecule has 0 bridgehead atoms. The van der Waals surface area contributed by atoms with Gasteiger partial charge < -0.3 is 29.0 Å². The summed E-state index contributed by atoms with van der Waals surface area (Å²) in [6.07, 6.45) is 4.92. The van der Waals surface area contributed by atoms with E-state index in [1.165, 1.54) is 0 Å². The van der Waals surface area contributed by atoms with E-state index in [0.29, 0.717) is 50.1 Å². The summed E-state index contributed by atoms with van der Waals surface area (Å²) >= 11 is 0. The molecule has 0 heterocycles. The molecule has 1 amide bonds. The van der Waals surface area contributed by atoms with Crippen LogP contribution in [0.4, 0.5) is 16.2 Å². The van der Waals surface area contributed by atoms with Gasteiger partial charge in [-0.25, -0.2) is 4.79 Å². The molecule has 338 valence electrons. The summed E-state index contributed by atoms with van der Waals surface area (Å²) in [5.74, 6) is -1.59. The van der Waals surface area contributed by atoms with Gasteiger partial charge in [0, 0.05) is 30.9 Å². The Bertz CT molecular complexity index is 1940. The molecule has 0 aliphatic heterocycles. The van der Waals surface area contributed by atoms with Crippen molar-refractivity contribution >= 4 is 41.2 Å². The largest absolute Gasteiger partial charge is 0.466 e. The Morgan fingerprint density at radius 1 is 0.903 bits per heavy atom. The smallest absolute Gasteiger partial charge is 0.411 e. The molecule has 62 heavy (non-hydrogen) atoms. The molecule has 12 nitrogen and oxygen atoms in total. The first-order valence-electron chi connectivity index (χ1n) is 22.4. The number of ether oxygens (including phenoxy) is 4. The number of unbranched alkanes of at least 4 members (excludes halogenated alkanes) is 1. The van der Waals surface area contributed by atoms with Gasteiger partial charge in [-0.2, -0.15) is 0 Å². The second kappa shape index (κ2) is 23.8. The summed E-state index contributed by atoms with van der Waals surface area (Å²) in [4.78, 5) is 68.6. The fourth-order valence-electron chi connectivity index (χ4n) is 8.16. The van der Waals surface area contributed by atoms with Gasteiger partial charge in [-0.3, -0.25) is 24.5 Å². The molecule has 3 aromatic carbocycles. The van der Waals surface area contributed by atoms with Crippen molar-refractivity contribution in [1.82, 2.24) is 0 Å². The quantitative estimate of drug-likeness (QED) is 0.0308. The second-order valence-corrected chi connectivity index (χ2v) is 17.0. The lowest BCUT2D eigenvalue weighted by Gasteiger charge is -2.33. The highest BCUT2D eigenvalue weighted by molar-refractivity contribution is 6.05. The lowest BCUT2D eigenvalue weighted by molar-refractivity contribution is -0.158. The molecule has 1 fully saturated rings. The third-order valence-electron chi connectivity index (χ3n) is 11.9. The molecule has 0 spiro atoms. The number of benzene rings is 3. The Morgan fingerprint density at radius 3 is 2.23 bits per heavy atom. The van der Waals surface area contributed by atoms with Crippen molar-refractivity contribution in [3.63, 3.8) is 0 Å². The van der Waals surface area contributed by atoms with E-state index in [-0.39, 0.29) is 55.6 Å². The van der Waals surface area contributed by atoms with Crippen LogP contribution in [-0.4, -0.2) is 67.8 Å². The van der Waals surface area contributed by atoms with E-state index in [2.05, 4.69) is 12.2 Å². The van der Waals surface area contributed by atoms with Crippen molar-refractivity contribution < 1.29 is 48.0 Å². The van der Waals surface area contributed by atoms with Gasteiger partial charge in [-0.05, 0) is 138 Å². The van der Waals surface area contributed by atoms with Crippen molar-refractivity contribution in [3.8, 4) is 5.75 Å². The highest BCUT2D eigenvalue weighted by Gasteiger charge is 2.48. The predicted molar refractivity (Wildman–Crippen MR) is 240 cm³/mol. The van der Waals surface area contributed by atoms with Crippen LogP contribution in [0.2, 0.25) is 0 Å². The summed E-state index contributed by atoms with van der Waals surface area (Å²) in [5.41, 5.74) is 2.76. The standard InChI is InChI=1S/C50H68N2O10/c1-8-12-29-60-45(55)40(33-49(6,7)46(56)59-11-4)31-38(9-2)39-20-16-36(17-21-39)32-50(26-14-13-15-44(50)54)47(57)62-42-23-18-37(19-24-42)34-61-48(58)51-43-25-22-41(30-35(43)5)52(10-3)27-28-53/h16-25,30,38,40,53H,8-15,26-29,31-34H2,1-7H3,(H,51,58). The Kier molecular flexibility index (Phi) is 19.0. The summed E-state index contributed by atoms with van der Waals surface area (Å²) in [7, 11) is 0. The van der Waals surface area contributed by atoms with Gasteiger partial charge in [-0.1, -0.05) is 63.1 Å². The number of amides is 1. The van der Waals surface area contributed by atoms with E-state index in [9.17, 15) is 29.1 Å². The van der Waals surface area contributed by atoms with Crippen LogP contribution in [0, 0.1) is 23.7 Å². The lowest BCUT2D eigenvalue weighted by Crippen LogP contribution is -2.46. The maximum Gasteiger partial charge on any atom is 0.411 e. The van der Waals surface area contributed by atoms with E-state index < -0.39 is 28.8 Å². The van der Waals surface area contributed by atoms with Gasteiger partial charge in [0.05, 0.1) is 31.2 Å². The number of anilines is 2. The van der Waals surface area contributed by atoms with E-state index in [1.54, 1.807) is 45.0 Å². The number of carbonyl (C=O) groups excluding carboxylic acids is 5. The first-order chi connectivity index (χ1) is 29.7. The van der Waals surface area contributed by atoms with Crippen LogP contribution in [0.5, 0.6) is 5.75 Å². The topological polar surface area (TPSA) is 158 Å². The number of hydrogen-bond acceptors (Lipinski definition) is 11. The Morgan fingerprint density at radius 2 is 1.61 bits per heavy atom. The first kappa shape index (κ1) is 49.4. The van der Waals surface area contributed by atoms with Crippen LogP contribution in [-0.2, 0) is 46.4 Å². The van der Waals surface area contributed by atoms with Gasteiger partial charge in [0.1, 0.15) is 17.8 Å². The number of Topliss-reactive ketones (excluding diaryl/α,β-unsaturated/α-hetero) is 1. The van der Waals surface area contributed by atoms with Gasteiger partial charge in [0.25, 0.3) is 0 Å². The maximum absolute atomic E-state index is 14.0. The number of nitrogens with one attached hydrogen (secondary N) is 1. The van der Waals surface area contributed by atoms with Crippen molar-refractivity contribution in [3.05, 3.63) is 89.0 Å². The molecular formula is C50H68N2O10. The minimum absolute atomic E-state index is 0.000782. The summed E-state index contributed by atoms with van der Waals surface area (Å²) in [6.45, 7) is 15.3. The number of hydrogen-bond donors (Lipinski definition) is 2. The number of rotatable bonds is 23. The molecule has 1 aliphatic carbocycles. The van der Waals surface area contributed by atoms with Crippen LogP contribution in [0.3, 0.4) is 0 Å². The highest BCUT2D eigenvalue weighted by atomic mass is 16.6. The van der Waals surface area contributed by atoms with Crippen LogP contribution < -0.4 is 15.0 Å². The third kappa shape index (κ3) is 13.6. The number of aliphatic hydroxyl groups is 1. The molecule has 3 unspecified atom stereocenters. The third-order valence-corrected chi connectivity index (χ3v) is 11.9. The van der Waals surface area contributed by atoms with Crippen molar-refractivity contribution in [2.75, 3.05) is 43.1 Å². The summed E-state index contributed by atoms with van der Waals surface area (Å²) < 4.78 is 22.4. The van der Waals surface area contributed by atoms with Gasteiger partial charge >= 0.3 is 24.0 Å². The van der Waals surface area contributed by atoms with Crippen molar-refractivity contribution in [2.45, 2.75) is 125 Å². The normalized spacial score (nSPS) is 16.2. The van der Waals surface area contributed by atoms with Gasteiger partial charge in [-0.15, -0.1) is 0 Å². The predicted octanol–water partition coefficient (Wildman–Crippen LogP) is 9.66. The number of esters is 3. The van der Waals surface area contributed by atoms with Crippen LogP contribution in [0.25, 0.3) is 0 Å². The van der Waals surface area contributed by atoms with E-state index in [1.807, 2.05) is 68.1 Å². The molecule has 2 N–H and O–H groups in total. The molecular weight excluding hydrogens is 789 g/mol.